The molecule has 0 saturated carbocycles. The van der Waals surface area contributed by atoms with Crippen molar-refractivity contribution in [3.8, 4) is 0 Å². The number of nitrogens with one attached hydrogen (secondary N) is 3. The zero-order valence-corrected chi connectivity index (χ0v) is 20.4. The highest BCUT2D eigenvalue weighted by atomic mass is 16.2. The summed E-state index contributed by atoms with van der Waals surface area (Å²) >= 11 is 0. The number of hydrogen-bond acceptors (Lipinski definition) is 6. The van der Waals surface area contributed by atoms with Gasteiger partial charge in [-0.25, -0.2) is 4.79 Å². The lowest BCUT2D eigenvalue weighted by atomic mass is 9.87. The Morgan fingerprint density at radius 1 is 0.889 bits per heavy atom. The number of carbonyl (C=O) groups excluding carboxylic acids is 4. The topological polar surface area (TPSA) is 114 Å². The van der Waals surface area contributed by atoms with Crippen molar-refractivity contribution in [1.29, 1.82) is 0 Å². The lowest BCUT2D eigenvalue weighted by Crippen LogP contribution is -2.50. The molecule has 2 aromatic carbocycles. The molecular formula is C26H32N6O4. The van der Waals surface area contributed by atoms with E-state index < -0.39 is 29.9 Å². The first kappa shape index (κ1) is 25.2. The Morgan fingerprint density at radius 3 is 2.14 bits per heavy atom. The van der Waals surface area contributed by atoms with E-state index in [1.165, 1.54) is 5.69 Å². The molecule has 4 rings (SSSR count). The molecule has 10 nitrogen and oxygen atoms in total. The number of rotatable bonds is 8. The van der Waals surface area contributed by atoms with E-state index in [1.807, 2.05) is 24.3 Å². The van der Waals surface area contributed by atoms with Crippen LogP contribution in [0.25, 0.3) is 0 Å². The summed E-state index contributed by atoms with van der Waals surface area (Å²) in [5.74, 6) is -1.47. The summed E-state index contributed by atoms with van der Waals surface area (Å²) in [6.07, 6.45) is 0.567. The second-order valence-corrected chi connectivity index (χ2v) is 8.96. The van der Waals surface area contributed by atoms with Gasteiger partial charge in [-0.1, -0.05) is 55.5 Å². The van der Waals surface area contributed by atoms with Gasteiger partial charge in [0.1, 0.15) is 12.1 Å². The second kappa shape index (κ2) is 11.2. The lowest BCUT2D eigenvalue weighted by Gasteiger charge is -2.36. The molecule has 2 saturated heterocycles. The average molecular weight is 493 g/mol. The van der Waals surface area contributed by atoms with Crippen LogP contribution in [0.1, 0.15) is 25.3 Å². The smallest absolute Gasteiger partial charge is 0.325 e. The number of carbonyl (C=O) groups is 4. The fraction of sp³-hybridized carbons (Fsp3) is 0.385. The molecule has 2 aromatic rings. The van der Waals surface area contributed by atoms with Crippen LogP contribution in [0.15, 0.2) is 60.7 Å². The minimum Gasteiger partial charge on any atom is -0.369 e. The van der Waals surface area contributed by atoms with Crippen molar-refractivity contribution < 1.29 is 19.2 Å². The molecule has 2 aliphatic heterocycles. The SMILES string of the molecule is CC[C@@]1(c2ccccc2)NC(=O)N(CC(=O)NNC(=O)CCN2CCN(c3ccccc3)CC2)C1=O. The number of hydrazine groups is 1. The molecule has 2 fully saturated rings. The molecular weight excluding hydrogens is 460 g/mol. The molecule has 2 aliphatic rings. The number of imide groups is 1. The van der Waals surface area contributed by atoms with Crippen LogP contribution in [0.3, 0.4) is 0 Å². The van der Waals surface area contributed by atoms with Gasteiger partial charge in [-0.05, 0) is 24.1 Å². The largest absolute Gasteiger partial charge is 0.369 e. The van der Waals surface area contributed by atoms with Crippen molar-refractivity contribution in [3.05, 3.63) is 66.2 Å². The first-order valence-electron chi connectivity index (χ1n) is 12.2. The minimum atomic E-state index is -1.20. The molecule has 3 N–H and O–H groups in total. The van der Waals surface area contributed by atoms with Crippen LogP contribution >= 0.6 is 0 Å². The maximum atomic E-state index is 13.1. The number of urea groups is 1. The standard InChI is InChI=1S/C26H32N6O4/c1-2-26(20-9-5-3-6-10-20)24(35)32(25(36)27-26)19-23(34)29-28-22(33)13-14-30-15-17-31(18-16-30)21-11-7-4-8-12-21/h3-12H,2,13-19H2,1H3,(H,27,36)(H,28,33)(H,29,34)/t26-/m0/s1. The van der Waals surface area contributed by atoms with Gasteiger partial charge in [0.2, 0.25) is 5.91 Å². The molecule has 0 aromatic heterocycles. The van der Waals surface area contributed by atoms with Gasteiger partial charge in [0.05, 0.1) is 0 Å². The molecule has 1 atom stereocenters. The van der Waals surface area contributed by atoms with Crippen LogP contribution in [0.5, 0.6) is 0 Å². The fourth-order valence-electron chi connectivity index (χ4n) is 4.64. The third kappa shape index (κ3) is 5.49. The number of benzene rings is 2. The second-order valence-electron chi connectivity index (χ2n) is 8.96. The monoisotopic (exact) mass is 492 g/mol. The zero-order chi connectivity index (χ0) is 25.5. The minimum absolute atomic E-state index is 0.224. The van der Waals surface area contributed by atoms with E-state index in [9.17, 15) is 19.2 Å². The van der Waals surface area contributed by atoms with Crippen molar-refractivity contribution >= 4 is 29.4 Å². The third-order valence-electron chi connectivity index (χ3n) is 6.76. The summed E-state index contributed by atoms with van der Waals surface area (Å²) in [6, 6.07) is 18.5. The quantitative estimate of drug-likeness (QED) is 0.377. The molecule has 0 spiro atoms. The van der Waals surface area contributed by atoms with Gasteiger partial charge >= 0.3 is 6.03 Å². The molecule has 10 heteroatoms. The van der Waals surface area contributed by atoms with E-state index in [2.05, 4.69) is 38.1 Å². The zero-order valence-electron chi connectivity index (χ0n) is 20.4. The first-order valence-corrected chi connectivity index (χ1v) is 12.2. The number of nitrogens with zero attached hydrogens (tertiary/aromatic N) is 3. The van der Waals surface area contributed by atoms with Crippen LogP contribution in [-0.2, 0) is 19.9 Å². The van der Waals surface area contributed by atoms with Gasteiger partial charge in [0, 0.05) is 44.8 Å². The maximum Gasteiger partial charge on any atom is 0.325 e. The van der Waals surface area contributed by atoms with Crippen LogP contribution in [0, 0.1) is 0 Å². The Labute approximate surface area is 210 Å². The van der Waals surface area contributed by atoms with Gasteiger partial charge in [-0.2, -0.15) is 0 Å². The van der Waals surface area contributed by atoms with E-state index in [4.69, 9.17) is 0 Å². The third-order valence-corrected chi connectivity index (χ3v) is 6.76. The molecule has 0 aliphatic carbocycles. The summed E-state index contributed by atoms with van der Waals surface area (Å²) in [7, 11) is 0. The molecule has 0 bridgehead atoms. The van der Waals surface area contributed by atoms with Crippen LogP contribution in [-0.4, -0.2) is 72.8 Å². The maximum absolute atomic E-state index is 13.1. The van der Waals surface area contributed by atoms with Gasteiger partial charge in [0.25, 0.3) is 11.8 Å². The highest BCUT2D eigenvalue weighted by molar-refractivity contribution is 6.09. The van der Waals surface area contributed by atoms with Crippen molar-refractivity contribution in [2.24, 2.45) is 0 Å². The Morgan fingerprint density at radius 2 is 1.50 bits per heavy atom. The van der Waals surface area contributed by atoms with E-state index in [1.54, 1.807) is 31.2 Å². The van der Waals surface area contributed by atoms with Gasteiger partial charge in [0.15, 0.2) is 0 Å². The highest BCUT2D eigenvalue weighted by Crippen LogP contribution is 2.32. The number of hydrogen-bond donors (Lipinski definition) is 3. The normalized spacial score (nSPS) is 20.2. The van der Waals surface area contributed by atoms with Gasteiger partial charge in [-0.15, -0.1) is 0 Å². The predicted octanol–water partition coefficient (Wildman–Crippen LogP) is 1.20. The molecule has 2 heterocycles. The van der Waals surface area contributed by atoms with Crippen molar-refractivity contribution in [1.82, 2.24) is 26.0 Å². The molecule has 5 amide bonds. The summed E-state index contributed by atoms with van der Waals surface area (Å²) in [5, 5.41) is 2.73. The van der Waals surface area contributed by atoms with Gasteiger partial charge in [-0.3, -0.25) is 35.0 Å². The summed E-state index contributed by atoms with van der Waals surface area (Å²) < 4.78 is 0. The fourth-order valence-corrected chi connectivity index (χ4v) is 4.64. The van der Waals surface area contributed by atoms with Crippen molar-refractivity contribution in [2.75, 3.05) is 44.2 Å². The van der Waals surface area contributed by atoms with E-state index in [-0.39, 0.29) is 12.3 Å². The number of piperazine rings is 1. The Kier molecular flexibility index (Phi) is 7.84. The summed E-state index contributed by atoms with van der Waals surface area (Å²) in [4.78, 5) is 55.7. The van der Waals surface area contributed by atoms with E-state index in [0.717, 1.165) is 31.1 Å². The average Bonchev–Trinajstić information content (AvgIpc) is 3.17. The van der Waals surface area contributed by atoms with Crippen molar-refractivity contribution in [3.63, 3.8) is 0 Å². The Bertz CT molecular complexity index is 1090. The van der Waals surface area contributed by atoms with E-state index in [0.29, 0.717) is 18.5 Å². The molecule has 190 valence electrons. The van der Waals surface area contributed by atoms with Crippen LogP contribution in [0.4, 0.5) is 10.5 Å². The van der Waals surface area contributed by atoms with Crippen LogP contribution < -0.4 is 21.1 Å². The predicted molar refractivity (Wildman–Crippen MR) is 135 cm³/mol. The van der Waals surface area contributed by atoms with Crippen molar-refractivity contribution in [2.45, 2.75) is 25.3 Å². The lowest BCUT2D eigenvalue weighted by molar-refractivity contribution is -0.136. The van der Waals surface area contributed by atoms with Crippen LogP contribution in [0.2, 0.25) is 0 Å². The highest BCUT2D eigenvalue weighted by Gasteiger charge is 2.51. The number of anilines is 1. The first-order chi connectivity index (χ1) is 17.4. The number of para-hydroxylation sites is 1. The molecule has 0 radical (unpaired) electrons. The Balaban J connectivity index is 1.20. The summed E-state index contributed by atoms with van der Waals surface area (Å²) in [6.45, 7) is 5.36. The van der Waals surface area contributed by atoms with Gasteiger partial charge < -0.3 is 10.2 Å². The Hall–Kier alpha value is -3.92. The molecule has 0 unspecified atom stereocenters. The molecule has 36 heavy (non-hydrogen) atoms. The number of amides is 5. The summed E-state index contributed by atoms with van der Waals surface area (Å²) in [5.41, 5.74) is 5.35. The van der Waals surface area contributed by atoms with E-state index >= 15 is 0 Å².